The Morgan fingerprint density at radius 2 is 1.79 bits per heavy atom. The maximum atomic E-state index is 13.0. The zero-order valence-electron chi connectivity index (χ0n) is 10.8. The van der Waals surface area contributed by atoms with E-state index < -0.39 is 0 Å². The van der Waals surface area contributed by atoms with Crippen LogP contribution < -0.4 is 5.73 Å². The van der Waals surface area contributed by atoms with Crippen LogP contribution in [0.1, 0.15) is 24.2 Å². The molecule has 0 amide bonds. The first-order chi connectivity index (χ1) is 9.20. The summed E-state index contributed by atoms with van der Waals surface area (Å²) in [6.45, 7) is 2.06. The minimum atomic E-state index is -0.221. The highest BCUT2D eigenvalue weighted by molar-refractivity contribution is 7.99. The molecular formula is C15H17FN2S. The first-order valence-corrected chi connectivity index (χ1v) is 7.16. The number of thioether (sulfide) groups is 1. The predicted octanol–water partition coefficient (Wildman–Crippen LogP) is 3.79. The second-order valence-corrected chi connectivity index (χ2v) is 5.56. The summed E-state index contributed by atoms with van der Waals surface area (Å²) in [5, 5.41) is 0.119. The Balaban J connectivity index is 2.23. The summed E-state index contributed by atoms with van der Waals surface area (Å²) in [6.07, 6.45) is 4.41. The summed E-state index contributed by atoms with van der Waals surface area (Å²) in [5.74, 6) is -0.221. The molecule has 4 heteroatoms. The quantitative estimate of drug-likeness (QED) is 0.844. The number of halogens is 1. The van der Waals surface area contributed by atoms with Gasteiger partial charge in [0.2, 0.25) is 0 Å². The van der Waals surface area contributed by atoms with Gasteiger partial charge in [-0.05, 0) is 36.2 Å². The van der Waals surface area contributed by atoms with E-state index in [0.29, 0.717) is 0 Å². The lowest BCUT2D eigenvalue weighted by atomic mass is 10.0. The van der Waals surface area contributed by atoms with Crippen molar-refractivity contribution in [2.45, 2.75) is 29.5 Å². The SMILES string of the molecule is CCC(N)C(Sc1ccncc1)c1ccc(F)cc1. The van der Waals surface area contributed by atoms with Gasteiger partial charge >= 0.3 is 0 Å². The molecule has 0 aliphatic heterocycles. The van der Waals surface area contributed by atoms with Crippen LogP contribution in [-0.4, -0.2) is 11.0 Å². The number of nitrogens with two attached hydrogens (primary N) is 1. The normalized spacial score (nSPS) is 14.1. The van der Waals surface area contributed by atoms with Gasteiger partial charge in [-0.3, -0.25) is 4.98 Å². The Morgan fingerprint density at radius 3 is 2.37 bits per heavy atom. The van der Waals surface area contributed by atoms with Gasteiger partial charge in [0.15, 0.2) is 0 Å². The van der Waals surface area contributed by atoms with Gasteiger partial charge in [-0.1, -0.05) is 19.1 Å². The van der Waals surface area contributed by atoms with Gasteiger partial charge in [-0.25, -0.2) is 4.39 Å². The van der Waals surface area contributed by atoms with Crippen molar-refractivity contribution in [3.8, 4) is 0 Å². The van der Waals surface area contributed by atoms with Crippen molar-refractivity contribution < 1.29 is 4.39 Å². The van der Waals surface area contributed by atoms with E-state index in [-0.39, 0.29) is 17.1 Å². The number of hydrogen-bond donors (Lipinski definition) is 1. The second-order valence-electron chi connectivity index (χ2n) is 4.35. The molecule has 0 bridgehead atoms. The first kappa shape index (κ1) is 14.0. The van der Waals surface area contributed by atoms with Crippen LogP contribution in [0.3, 0.4) is 0 Å². The fourth-order valence-corrected chi connectivity index (χ4v) is 3.07. The smallest absolute Gasteiger partial charge is 0.123 e. The lowest BCUT2D eigenvalue weighted by Crippen LogP contribution is -2.25. The van der Waals surface area contributed by atoms with Crippen LogP contribution in [-0.2, 0) is 0 Å². The molecule has 0 fully saturated rings. The topological polar surface area (TPSA) is 38.9 Å². The summed E-state index contributed by atoms with van der Waals surface area (Å²) in [7, 11) is 0. The standard InChI is InChI=1S/C15H17FN2S/c1-2-14(17)15(11-3-5-12(16)6-4-11)19-13-7-9-18-10-8-13/h3-10,14-15H,2,17H2,1H3. The second kappa shape index (κ2) is 6.68. The molecule has 2 aromatic rings. The molecule has 0 aliphatic carbocycles. The van der Waals surface area contributed by atoms with E-state index in [4.69, 9.17) is 5.73 Å². The number of aromatic nitrogens is 1. The maximum Gasteiger partial charge on any atom is 0.123 e. The molecule has 19 heavy (non-hydrogen) atoms. The largest absolute Gasteiger partial charge is 0.326 e. The summed E-state index contributed by atoms with van der Waals surface area (Å²) >= 11 is 1.69. The summed E-state index contributed by atoms with van der Waals surface area (Å²) < 4.78 is 13.0. The summed E-state index contributed by atoms with van der Waals surface area (Å²) in [6, 6.07) is 10.5. The van der Waals surface area contributed by atoms with Gasteiger partial charge in [0.1, 0.15) is 5.82 Å². The number of pyridine rings is 1. The number of nitrogens with zero attached hydrogens (tertiary/aromatic N) is 1. The van der Waals surface area contributed by atoms with E-state index in [0.717, 1.165) is 16.9 Å². The fraction of sp³-hybridized carbons (Fsp3) is 0.267. The number of rotatable bonds is 5. The van der Waals surface area contributed by atoms with Crippen molar-refractivity contribution in [1.82, 2.24) is 4.98 Å². The molecule has 2 rings (SSSR count). The van der Waals surface area contributed by atoms with Crippen molar-refractivity contribution in [3.05, 3.63) is 60.2 Å². The molecule has 0 saturated heterocycles. The third-order valence-corrected chi connectivity index (χ3v) is 4.39. The van der Waals surface area contributed by atoms with E-state index in [1.54, 1.807) is 24.2 Å². The van der Waals surface area contributed by atoms with Gasteiger partial charge < -0.3 is 5.73 Å². The minimum Gasteiger partial charge on any atom is -0.326 e. The molecule has 0 aliphatic rings. The van der Waals surface area contributed by atoms with Gasteiger partial charge in [0, 0.05) is 28.6 Å². The monoisotopic (exact) mass is 276 g/mol. The maximum absolute atomic E-state index is 13.0. The fourth-order valence-electron chi connectivity index (χ4n) is 1.83. The highest BCUT2D eigenvalue weighted by atomic mass is 32.2. The molecule has 1 aromatic carbocycles. The van der Waals surface area contributed by atoms with Crippen molar-refractivity contribution in [2.75, 3.05) is 0 Å². The van der Waals surface area contributed by atoms with Crippen LogP contribution >= 0.6 is 11.8 Å². The zero-order valence-corrected chi connectivity index (χ0v) is 11.6. The van der Waals surface area contributed by atoms with Crippen LogP contribution in [0.15, 0.2) is 53.7 Å². The number of benzene rings is 1. The van der Waals surface area contributed by atoms with Gasteiger partial charge in [-0.15, -0.1) is 11.8 Å². The highest BCUT2D eigenvalue weighted by Crippen LogP contribution is 2.37. The van der Waals surface area contributed by atoms with E-state index in [1.807, 2.05) is 24.3 Å². The summed E-state index contributed by atoms with van der Waals surface area (Å²) in [5.41, 5.74) is 7.26. The lowest BCUT2D eigenvalue weighted by Gasteiger charge is -2.23. The summed E-state index contributed by atoms with van der Waals surface area (Å²) in [4.78, 5) is 5.13. The Kier molecular flexibility index (Phi) is 4.93. The van der Waals surface area contributed by atoms with Crippen LogP contribution in [0, 0.1) is 5.82 Å². The average molecular weight is 276 g/mol. The van der Waals surface area contributed by atoms with Crippen molar-refractivity contribution in [3.63, 3.8) is 0 Å². The van der Waals surface area contributed by atoms with Gasteiger partial charge in [0.25, 0.3) is 0 Å². The molecule has 2 N–H and O–H groups in total. The molecule has 0 spiro atoms. The Bertz CT molecular complexity index is 501. The van der Waals surface area contributed by atoms with E-state index in [1.165, 1.54) is 12.1 Å². The molecule has 100 valence electrons. The molecular weight excluding hydrogens is 259 g/mol. The van der Waals surface area contributed by atoms with Crippen molar-refractivity contribution in [2.24, 2.45) is 5.73 Å². The van der Waals surface area contributed by atoms with Gasteiger partial charge in [-0.2, -0.15) is 0 Å². The van der Waals surface area contributed by atoms with Crippen LogP contribution in [0.4, 0.5) is 4.39 Å². The average Bonchev–Trinajstić information content (AvgIpc) is 2.46. The highest BCUT2D eigenvalue weighted by Gasteiger charge is 2.19. The van der Waals surface area contributed by atoms with Gasteiger partial charge in [0.05, 0.1) is 0 Å². The molecule has 1 aromatic heterocycles. The molecule has 0 radical (unpaired) electrons. The molecule has 2 nitrogen and oxygen atoms in total. The Hall–Kier alpha value is -1.39. The number of hydrogen-bond acceptors (Lipinski definition) is 3. The van der Waals surface area contributed by atoms with Crippen molar-refractivity contribution >= 4 is 11.8 Å². The predicted molar refractivity (Wildman–Crippen MR) is 77.5 cm³/mol. The van der Waals surface area contributed by atoms with Crippen LogP contribution in [0.2, 0.25) is 0 Å². The third kappa shape index (κ3) is 3.78. The van der Waals surface area contributed by atoms with E-state index in [9.17, 15) is 4.39 Å². The van der Waals surface area contributed by atoms with E-state index in [2.05, 4.69) is 11.9 Å². The van der Waals surface area contributed by atoms with Crippen molar-refractivity contribution in [1.29, 1.82) is 0 Å². The minimum absolute atomic E-state index is 0.0311. The Labute approximate surface area is 117 Å². The molecule has 1 heterocycles. The molecule has 2 atom stereocenters. The third-order valence-electron chi connectivity index (χ3n) is 2.97. The Morgan fingerprint density at radius 1 is 1.16 bits per heavy atom. The van der Waals surface area contributed by atoms with E-state index >= 15 is 0 Å². The molecule has 2 unspecified atom stereocenters. The zero-order chi connectivity index (χ0) is 13.7. The first-order valence-electron chi connectivity index (χ1n) is 6.28. The van der Waals surface area contributed by atoms with Crippen LogP contribution in [0.5, 0.6) is 0 Å². The lowest BCUT2D eigenvalue weighted by molar-refractivity contribution is 0.618. The molecule has 0 saturated carbocycles. The van der Waals surface area contributed by atoms with Crippen LogP contribution in [0.25, 0.3) is 0 Å².